The van der Waals surface area contributed by atoms with Gasteiger partial charge in [-0.1, -0.05) is 0 Å². The minimum atomic E-state index is -0.586. The van der Waals surface area contributed by atoms with Gasteiger partial charge < -0.3 is 4.74 Å². The molecule has 0 saturated heterocycles. The second-order valence-corrected chi connectivity index (χ2v) is 7.46. The van der Waals surface area contributed by atoms with Crippen LogP contribution < -0.4 is 10.9 Å². The smallest absolute Gasteiger partial charge is 0.311 e. The standard InChI is InChI=1S/C16H16N4O4S2/c1-4-24-12(21)5-10-7-25-15(18-10)19-13(22)11-6-17-16-20(14(11)23)8(2)9(3)26-16/h6-7H,4-5H2,1-3H3,(H,18,19,22). The maximum absolute atomic E-state index is 12.6. The lowest BCUT2D eigenvalue weighted by Crippen LogP contribution is -2.26. The van der Waals surface area contributed by atoms with Crippen molar-refractivity contribution >= 4 is 44.6 Å². The molecule has 0 spiro atoms. The molecular formula is C16H16N4O4S2. The van der Waals surface area contributed by atoms with Gasteiger partial charge in [-0.2, -0.15) is 0 Å². The number of aromatic nitrogens is 3. The fourth-order valence-corrected chi connectivity index (χ4v) is 3.94. The number of nitrogens with one attached hydrogen (secondary N) is 1. The van der Waals surface area contributed by atoms with E-state index in [0.29, 0.717) is 22.4 Å². The van der Waals surface area contributed by atoms with Crippen molar-refractivity contribution in [1.29, 1.82) is 0 Å². The molecule has 0 aliphatic rings. The summed E-state index contributed by atoms with van der Waals surface area (Å²) in [5, 5.41) is 4.54. The molecule has 3 aromatic heterocycles. The van der Waals surface area contributed by atoms with Crippen molar-refractivity contribution < 1.29 is 14.3 Å². The van der Waals surface area contributed by atoms with Crippen LogP contribution in [-0.4, -0.2) is 32.9 Å². The van der Waals surface area contributed by atoms with E-state index in [4.69, 9.17) is 4.74 Å². The van der Waals surface area contributed by atoms with E-state index in [0.717, 1.165) is 10.6 Å². The first-order valence-corrected chi connectivity index (χ1v) is 9.49. The highest BCUT2D eigenvalue weighted by Crippen LogP contribution is 2.19. The predicted octanol–water partition coefficient (Wildman–Crippen LogP) is 2.19. The van der Waals surface area contributed by atoms with E-state index in [2.05, 4.69) is 15.3 Å². The Hall–Kier alpha value is -2.59. The van der Waals surface area contributed by atoms with Crippen LogP contribution in [-0.2, 0) is 16.0 Å². The van der Waals surface area contributed by atoms with Gasteiger partial charge in [0.25, 0.3) is 11.5 Å². The molecule has 0 atom stereocenters. The van der Waals surface area contributed by atoms with Crippen LogP contribution in [0.3, 0.4) is 0 Å². The molecule has 26 heavy (non-hydrogen) atoms. The summed E-state index contributed by atoms with van der Waals surface area (Å²) in [5.41, 5.74) is 0.782. The van der Waals surface area contributed by atoms with Crippen LogP contribution in [0.15, 0.2) is 16.4 Å². The number of fused-ring (bicyclic) bond motifs is 1. The van der Waals surface area contributed by atoms with Gasteiger partial charge in [-0.05, 0) is 20.8 Å². The average molecular weight is 392 g/mol. The maximum atomic E-state index is 12.6. The van der Waals surface area contributed by atoms with Crippen LogP contribution in [0.5, 0.6) is 0 Å². The van der Waals surface area contributed by atoms with Gasteiger partial charge in [0.05, 0.1) is 18.7 Å². The third-order valence-electron chi connectivity index (χ3n) is 3.67. The zero-order valence-corrected chi connectivity index (χ0v) is 16.0. The third kappa shape index (κ3) is 3.51. The number of anilines is 1. The number of aryl methyl sites for hydroxylation is 2. The number of thiazole rings is 2. The summed E-state index contributed by atoms with van der Waals surface area (Å²) >= 11 is 2.57. The fraction of sp³-hybridized carbons (Fsp3) is 0.312. The molecule has 1 amide bonds. The Labute approximate surface area is 156 Å². The van der Waals surface area contributed by atoms with E-state index >= 15 is 0 Å². The molecule has 10 heteroatoms. The molecule has 0 aliphatic heterocycles. The minimum Gasteiger partial charge on any atom is -0.466 e. The number of ether oxygens (including phenoxy) is 1. The first-order valence-electron chi connectivity index (χ1n) is 7.79. The Kier molecular flexibility index (Phi) is 5.14. The molecule has 0 aromatic carbocycles. The quantitative estimate of drug-likeness (QED) is 0.668. The third-order valence-corrected chi connectivity index (χ3v) is 5.54. The van der Waals surface area contributed by atoms with Crippen molar-refractivity contribution in [3.8, 4) is 0 Å². The van der Waals surface area contributed by atoms with Crippen molar-refractivity contribution in [3.63, 3.8) is 0 Å². The van der Waals surface area contributed by atoms with Gasteiger partial charge in [0, 0.05) is 22.1 Å². The summed E-state index contributed by atoms with van der Waals surface area (Å²) in [4.78, 5) is 46.4. The number of esters is 1. The van der Waals surface area contributed by atoms with Crippen molar-refractivity contribution in [1.82, 2.24) is 14.4 Å². The number of carbonyl (C=O) groups excluding carboxylic acids is 2. The zero-order chi connectivity index (χ0) is 18.8. The van der Waals surface area contributed by atoms with E-state index in [1.165, 1.54) is 33.3 Å². The maximum Gasteiger partial charge on any atom is 0.311 e. The van der Waals surface area contributed by atoms with E-state index in [-0.39, 0.29) is 18.0 Å². The van der Waals surface area contributed by atoms with Crippen LogP contribution in [0.4, 0.5) is 5.13 Å². The predicted molar refractivity (Wildman–Crippen MR) is 99.2 cm³/mol. The molecule has 3 heterocycles. The summed E-state index contributed by atoms with van der Waals surface area (Å²) in [6, 6.07) is 0. The molecule has 3 aromatic rings. The first-order chi connectivity index (χ1) is 12.4. The number of amides is 1. The number of rotatable bonds is 5. The lowest BCUT2D eigenvalue weighted by Gasteiger charge is -2.02. The van der Waals surface area contributed by atoms with Gasteiger partial charge in [0.15, 0.2) is 10.1 Å². The molecule has 0 fully saturated rings. The lowest BCUT2D eigenvalue weighted by molar-refractivity contribution is -0.142. The molecule has 0 unspecified atom stereocenters. The van der Waals surface area contributed by atoms with Gasteiger partial charge in [-0.15, -0.1) is 22.7 Å². The molecule has 1 N–H and O–H groups in total. The topological polar surface area (TPSA) is 103 Å². The average Bonchev–Trinajstić information content (AvgIpc) is 3.12. The fourth-order valence-electron chi connectivity index (χ4n) is 2.30. The molecule has 0 aliphatic carbocycles. The van der Waals surface area contributed by atoms with Crippen LogP contribution in [0.25, 0.3) is 4.96 Å². The monoisotopic (exact) mass is 392 g/mol. The van der Waals surface area contributed by atoms with Crippen LogP contribution >= 0.6 is 22.7 Å². The van der Waals surface area contributed by atoms with Gasteiger partial charge in [0.2, 0.25) is 0 Å². The Morgan fingerprint density at radius 1 is 1.35 bits per heavy atom. The molecule has 8 nitrogen and oxygen atoms in total. The molecule has 0 radical (unpaired) electrons. The molecule has 3 rings (SSSR count). The second-order valence-electron chi connectivity index (χ2n) is 5.42. The zero-order valence-electron chi connectivity index (χ0n) is 14.4. The number of hydrogen-bond donors (Lipinski definition) is 1. The Morgan fingerprint density at radius 3 is 2.85 bits per heavy atom. The van der Waals surface area contributed by atoms with Crippen molar-refractivity contribution in [2.24, 2.45) is 0 Å². The summed E-state index contributed by atoms with van der Waals surface area (Å²) in [6.07, 6.45) is 1.30. The summed E-state index contributed by atoms with van der Waals surface area (Å²) < 4.78 is 6.30. The Bertz CT molecular complexity index is 1050. The number of nitrogens with zero attached hydrogens (tertiary/aromatic N) is 3. The van der Waals surface area contributed by atoms with Crippen LogP contribution in [0.2, 0.25) is 0 Å². The highest BCUT2D eigenvalue weighted by Gasteiger charge is 2.18. The second kappa shape index (κ2) is 7.34. The minimum absolute atomic E-state index is 0.0315. The van der Waals surface area contributed by atoms with Gasteiger partial charge in [0.1, 0.15) is 5.56 Å². The summed E-state index contributed by atoms with van der Waals surface area (Å²) in [7, 11) is 0. The number of hydrogen-bond acceptors (Lipinski definition) is 8. The molecule has 0 bridgehead atoms. The molecule has 136 valence electrons. The SMILES string of the molecule is CCOC(=O)Cc1csc(NC(=O)c2cnc3sc(C)c(C)n3c2=O)n1. The van der Waals surface area contributed by atoms with Gasteiger partial charge in [-0.3, -0.25) is 24.1 Å². The van der Waals surface area contributed by atoms with E-state index in [1.54, 1.807) is 12.3 Å². The van der Waals surface area contributed by atoms with Crippen LogP contribution in [0, 0.1) is 13.8 Å². The highest BCUT2D eigenvalue weighted by molar-refractivity contribution is 7.17. The van der Waals surface area contributed by atoms with E-state index < -0.39 is 11.5 Å². The molecule has 0 saturated carbocycles. The number of carbonyl (C=O) groups is 2. The van der Waals surface area contributed by atoms with Crippen molar-refractivity contribution in [2.45, 2.75) is 27.2 Å². The largest absolute Gasteiger partial charge is 0.466 e. The van der Waals surface area contributed by atoms with Gasteiger partial charge >= 0.3 is 5.97 Å². The normalized spacial score (nSPS) is 10.9. The summed E-state index contributed by atoms with van der Waals surface area (Å²) in [6.45, 7) is 5.73. The lowest BCUT2D eigenvalue weighted by atomic mass is 10.3. The Balaban J connectivity index is 1.81. The molecular weight excluding hydrogens is 376 g/mol. The van der Waals surface area contributed by atoms with Crippen LogP contribution in [0.1, 0.15) is 33.5 Å². The van der Waals surface area contributed by atoms with E-state index in [1.807, 2.05) is 13.8 Å². The summed E-state index contributed by atoms with van der Waals surface area (Å²) in [5.74, 6) is -0.968. The Morgan fingerprint density at radius 2 is 2.12 bits per heavy atom. The van der Waals surface area contributed by atoms with E-state index in [9.17, 15) is 14.4 Å². The highest BCUT2D eigenvalue weighted by atomic mass is 32.1. The van der Waals surface area contributed by atoms with Gasteiger partial charge in [-0.25, -0.2) is 9.97 Å². The first kappa shape index (κ1) is 18.2. The van der Waals surface area contributed by atoms with Crippen molar-refractivity contribution in [2.75, 3.05) is 11.9 Å². The van der Waals surface area contributed by atoms with Crippen molar-refractivity contribution in [3.05, 3.63) is 43.8 Å².